The SMILES string of the molecule is CNc1ccc(C(=O)CC(O)CCC(C)C2OC(=O)CC(O)CC(=O)CC(O)CC(O)CC(O)CC(O)CC3(O)CC(O)C(C(=O)NCCN(C)C)C(CC(OC4OC(C)C(O)C(NC(=O)CN5CCN(C)CC5)C4O)/C=C/C=C/C=C/C=C\C=C/C=C/C=C/C2C)O3)cc1. The van der Waals surface area contributed by atoms with Crippen LogP contribution in [0.5, 0.6) is 0 Å². The average Bonchev–Trinajstić information content (AvgIpc) is 0.810. The van der Waals surface area contributed by atoms with Gasteiger partial charge in [-0.1, -0.05) is 98.9 Å². The van der Waals surface area contributed by atoms with E-state index in [1.54, 1.807) is 117 Å². The third kappa shape index (κ3) is 28.7. The van der Waals surface area contributed by atoms with Crippen molar-refractivity contribution < 1.29 is 94.0 Å². The number of cyclic esters (lactones) is 1. The highest BCUT2D eigenvalue weighted by atomic mass is 16.7. The number of allylic oxidation sites excluding steroid dienone is 12. The number of nitrogens with zero attached hydrogens (tertiary/aromatic N) is 3. The van der Waals surface area contributed by atoms with E-state index in [-0.39, 0.29) is 50.0 Å². The lowest BCUT2D eigenvalue weighted by Gasteiger charge is -2.46. The summed E-state index contributed by atoms with van der Waals surface area (Å²) in [5.74, 6) is -7.04. The molecule has 532 valence electrons. The smallest absolute Gasteiger partial charge is 0.308 e. The van der Waals surface area contributed by atoms with Gasteiger partial charge in [0.05, 0.1) is 86.0 Å². The highest BCUT2D eigenvalue weighted by Gasteiger charge is 2.51. The van der Waals surface area contributed by atoms with E-state index in [1.165, 1.54) is 0 Å². The minimum atomic E-state index is -2.32. The van der Waals surface area contributed by atoms with Gasteiger partial charge in [0.25, 0.3) is 0 Å². The van der Waals surface area contributed by atoms with Gasteiger partial charge in [-0.2, -0.15) is 0 Å². The Morgan fingerprint density at radius 1 is 0.726 bits per heavy atom. The topological polar surface area (TPSA) is 370 Å². The molecule has 1 aromatic carbocycles. The molecular formula is C70H108N6O19. The molecule has 3 fully saturated rings. The molecule has 25 heteroatoms. The number of fused-ring (bicyclic) bond motifs is 2. The fourth-order valence-corrected chi connectivity index (χ4v) is 12.2. The van der Waals surface area contributed by atoms with Gasteiger partial charge in [0.1, 0.15) is 24.1 Å². The first-order chi connectivity index (χ1) is 45.1. The Bertz CT molecular complexity index is 2740. The van der Waals surface area contributed by atoms with E-state index in [0.717, 1.165) is 18.8 Å². The summed E-state index contributed by atoms with van der Waals surface area (Å²) in [5.41, 5.74) is 1.30. The second kappa shape index (κ2) is 40.9. The van der Waals surface area contributed by atoms with Crippen molar-refractivity contribution in [1.29, 1.82) is 0 Å². The number of ketones is 2. The maximum Gasteiger partial charge on any atom is 0.308 e. The normalized spacial score (nSPS) is 35.3. The molecule has 4 aliphatic rings. The van der Waals surface area contributed by atoms with Crippen LogP contribution < -0.4 is 16.0 Å². The summed E-state index contributed by atoms with van der Waals surface area (Å²) in [7, 11) is 7.39. The van der Waals surface area contributed by atoms with Gasteiger partial charge >= 0.3 is 5.97 Å². The molecule has 4 aliphatic heterocycles. The summed E-state index contributed by atoms with van der Waals surface area (Å²) in [6, 6.07) is 5.69. The molecule has 0 aliphatic carbocycles. The number of aliphatic hydroxyl groups is 10. The summed E-state index contributed by atoms with van der Waals surface area (Å²) in [4.78, 5) is 73.0. The largest absolute Gasteiger partial charge is 0.461 e. The molecule has 95 heavy (non-hydrogen) atoms. The molecule has 0 radical (unpaired) electrons. The van der Waals surface area contributed by atoms with Gasteiger partial charge in [0, 0.05) is 102 Å². The molecule has 13 N–H and O–H groups in total. The molecule has 2 bridgehead atoms. The van der Waals surface area contributed by atoms with Gasteiger partial charge < -0.3 is 95.8 Å². The number of carbonyl (C=O) groups excluding carboxylic acids is 5. The number of hydrogen-bond donors (Lipinski definition) is 13. The average molecular weight is 1340 g/mol. The fourth-order valence-electron chi connectivity index (χ4n) is 12.2. The number of aliphatic hydroxyl groups excluding tert-OH is 9. The van der Waals surface area contributed by atoms with E-state index in [0.29, 0.717) is 31.6 Å². The Kier molecular flexibility index (Phi) is 34.4. The lowest BCUT2D eigenvalue weighted by molar-refractivity contribution is -0.307. The second-order valence-corrected chi connectivity index (χ2v) is 26.3. The number of carbonyl (C=O) groups is 5. The van der Waals surface area contributed by atoms with Crippen molar-refractivity contribution >= 4 is 35.0 Å². The number of ether oxygens (including phenoxy) is 4. The Labute approximate surface area is 559 Å². The van der Waals surface area contributed by atoms with E-state index in [2.05, 4.69) is 20.9 Å². The Balaban J connectivity index is 1.39. The lowest BCUT2D eigenvalue weighted by Crippen LogP contribution is -2.65. The summed E-state index contributed by atoms with van der Waals surface area (Å²) < 4.78 is 24.8. The predicted molar refractivity (Wildman–Crippen MR) is 357 cm³/mol. The van der Waals surface area contributed by atoms with E-state index in [9.17, 15) is 75.0 Å². The highest BCUT2D eigenvalue weighted by Crippen LogP contribution is 2.38. The monoisotopic (exact) mass is 1340 g/mol. The number of nitrogens with one attached hydrogen (secondary N) is 3. The maximum absolute atomic E-state index is 14.1. The number of Topliss-reactive ketones (excluding diaryl/α,β-unsaturated/α-hetero) is 2. The first-order valence-corrected chi connectivity index (χ1v) is 33.3. The molecule has 5 rings (SSSR count). The van der Waals surface area contributed by atoms with Gasteiger partial charge in [-0.05, 0) is 90.4 Å². The van der Waals surface area contributed by atoms with Crippen molar-refractivity contribution in [3.8, 4) is 0 Å². The van der Waals surface area contributed by atoms with Crippen LogP contribution in [-0.4, -0.2) is 267 Å². The van der Waals surface area contributed by atoms with Crippen LogP contribution in [0.1, 0.15) is 108 Å². The molecule has 1 aromatic rings. The van der Waals surface area contributed by atoms with Crippen LogP contribution in [0.25, 0.3) is 0 Å². The minimum absolute atomic E-state index is 0.0259. The Morgan fingerprint density at radius 3 is 1.92 bits per heavy atom. The summed E-state index contributed by atoms with van der Waals surface area (Å²) in [5, 5.41) is 122. The van der Waals surface area contributed by atoms with Gasteiger partial charge in [0.15, 0.2) is 17.9 Å². The van der Waals surface area contributed by atoms with Crippen LogP contribution in [0.3, 0.4) is 0 Å². The number of esters is 1. The van der Waals surface area contributed by atoms with Gasteiger partial charge in [-0.15, -0.1) is 0 Å². The molecule has 4 heterocycles. The zero-order valence-corrected chi connectivity index (χ0v) is 56.2. The molecule has 3 saturated heterocycles. The molecule has 25 nitrogen and oxygen atoms in total. The van der Waals surface area contributed by atoms with Crippen molar-refractivity contribution in [1.82, 2.24) is 25.3 Å². The maximum atomic E-state index is 14.1. The molecule has 0 saturated carbocycles. The zero-order valence-electron chi connectivity index (χ0n) is 56.2. The second-order valence-electron chi connectivity index (χ2n) is 26.3. The minimum Gasteiger partial charge on any atom is -0.461 e. The van der Waals surface area contributed by atoms with Crippen molar-refractivity contribution in [3.63, 3.8) is 0 Å². The van der Waals surface area contributed by atoms with E-state index in [4.69, 9.17) is 18.9 Å². The van der Waals surface area contributed by atoms with Crippen LogP contribution in [0.2, 0.25) is 0 Å². The molecule has 19 unspecified atom stereocenters. The van der Waals surface area contributed by atoms with Crippen LogP contribution >= 0.6 is 0 Å². The van der Waals surface area contributed by atoms with Crippen molar-refractivity contribution in [2.24, 2.45) is 17.8 Å². The molecular weight excluding hydrogens is 1230 g/mol. The number of anilines is 1. The fraction of sp³-hybridized carbons (Fsp3) is 0.643. The molecule has 0 aromatic heterocycles. The molecule has 2 amide bonds. The first kappa shape index (κ1) is 80.0. The zero-order chi connectivity index (χ0) is 69.8. The van der Waals surface area contributed by atoms with Gasteiger partial charge in [-0.3, -0.25) is 28.9 Å². The van der Waals surface area contributed by atoms with Crippen LogP contribution in [-0.2, 0) is 38.1 Å². The van der Waals surface area contributed by atoms with Gasteiger partial charge in [-0.25, -0.2) is 0 Å². The standard InChI is InChI=1S/C70H108N6O19/c1-45-20-18-16-14-12-10-8-9-11-13-15-17-19-21-57(93-69-66(89)64(65(88)47(3)92-69)73-61(86)44-76-32-30-75(7)31-33-76)41-60-63(68(90)72-28-29-74(5)6)59(85)43-70(91,95-60)42-56(83)38-54(81)36-52(79)34-51(78)35-53(80)37-55(82)40-62(87)94-67(45)46(2)22-27-50(77)39-58(84)48-23-25-49(71-4)26-24-48/h8-21,23-26,45-47,50-52,54-57,59-60,63-67,69,71,77-79,81-83,85,88-89,91H,22,27-44H2,1-7H3,(H,72,90)(H,73,86)/b9-8-,12-10-,13-11+,16-14+,17-15+,20-18+,21-19+. The quantitative estimate of drug-likeness (QED) is 0.0780. The summed E-state index contributed by atoms with van der Waals surface area (Å²) in [6.07, 6.45) is 2.29. The highest BCUT2D eigenvalue weighted by molar-refractivity contribution is 5.96. The molecule has 0 spiro atoms. The van der Waals surface area contributed by atoms with Crippen molar-refractivity contribution in [2.45, 2.75) is 195 Å². The van der Waals surface area contributed by atoms with E-state index < -0.39 is 178 Å². The lowest BCUT2D eigenvalue weighted by atomic mass is 9.82. The number of likely N-dealkylation sites (N-methyl/N-ethyl adjacent to an activating group) is 2. The summed E-state index contributed by atoms with van der Waals surface area (Å²) in [6.45, 7) is 8.74. The third-order valence-corrected chi connectivity index (χ3v) is 17.5. The van der Waals surface area contributed by atoms with Crippen molar-refractivity contribution in [2.75, 3.05) is 79.3 Å². The number of hydrogen-bond acceptors (Lipinski definition) is 23. The number of rotatable bonds is 17. The van der Waals surface area contributed by atoms with Crippen molar-refractivity contribution in [3.05, 3.63) is 115 Å². The van der Waals surface area contributed by atoms with Crippen LogP contribution in [0.4, 0.5) is 5.69 Å². The summed E-state index contributed by atoms with van der Waals surface area (Å²) >= 11 is 0. The van der Waals surface area contributed by atoms with E-state index >= 15 is 0 Å². The molecule has 19 atom stereocenters. The third-order valence-electron chi connectivity index (χ3n) is 17.5. The Morgan fingerprint density at radius 2 is 1.31 bits per heavy atom. The number of benzene rings is 1. The number of piperazine rings is 1. The van der Waals surface area contributed by atoms with Crippen LogP contribution in [0.15, 0.2) is 109 Å². The van der Waals surface area contributed by atoms with Gasteiger partial charge in [0.2, 0.25) is 11.8 Å². The first-order valence-electron chi connectivity index (χ1n) is 33.3. The van der Waals surface area contributed by atoms with Crippen LogP contribution in [0, 0.1) is 17.8 Å². The Hall–Kier alpha value is -5.69. The van der Waals surface area contributed by atoms with E-state index in [1.807, 2.05) is 50.9 Å². The predicted octanol–water partition coefficient (Wildman–Crippen LogP) is 1.74. The number of amides is 2.